The number of amides is 2. The van der Waals surface area contributed by atoms with Crippen molar-refractivity contribution in [2.24, 2.45) is 5.92 Å². The van der Waals surface area contributed by atoms with Crippen LogP contribution in [0.15, 0.2) is 12.4 Å². The van der Waals surface area contributed by atoms with Crippen LogP contribution < -0.4 is 10.6 Å². The highest BCUT2D eigenvalue weighted by atomic mass is 16.5. The minimum absolute atomic E-state index is 0.0117. The first-order valence-corrected chi connectivity index (χ1v) is 9.09. The van der Waals surface area contributed by atoms with Gasteiger partial charge in [-0.25, -0.2) is 0 Å². The minimum atomic E-state index is 0.0117. The van der Waals surface area contributed by atoms with Crippen LogP contribution in [0, 0.1) is 5.92 Å². The SMILES string of the molecule is O=C(CCC1CCNCC1)Nc1cnn(CC(=O)N2CCOCC2)c1. The smallest absolute Gasteiger partial charge is 0.244 e. The Kier molecular flexibility index (Phi) is 6.41. The highest BCUT2D eigenvalue weighted by molar-refractivity contribution is 5.90. The molecule has 0 spiro atoms. The maximum absolute atomic E-state index is 12.2. The molecule has 138 valence electrons. The number of hydrogen-bond donors (Lipinski definition) is 2. The number of hydrogen-bond acceptors (Lipinski definition) is 5. The minimum Gasteiger partial charge on any atom is -0.378 e. The molecular weight excluding hydrogens is 322 g/mol. The number of piperidine rings is 1. The lowest BCUT2D eigenvalue weighted by Gasteiger charge is -2.26. The number of nitrogens with zero attached hydrogens (tertiary/aromatic N) is 3. The van der Waals surface area contributed by atoms with Crippen LogP contribution in [-0.4, -0.2) is 65.9 Å². The molecule has 0 aromatic carbocycles. The fourth-order valence-electron chi connectivity index (χ4n) is 3.30. The van der Waals surface area contributed by atoms with Crippen molar-refractivity contribution in [3.8, 4) is 0 Å². The normalized spacial score (nSPS) is 19.0. The summed E-state index contributed by atoms with van der Waals surface area (Å²) in [5.41, 5.74) is 0.644. The van der Waals surface area contributed by atoms with Crippen LogP contribution in [0.3, 0.4) is 0 Å². The molecule has 0 saturated carbocycles. The third kappa shape index (κ3) is 5.54. The molecule has 2 saturated heterocycles. The predicted molar refractivity (Wildman–Crippen MR) is 93.1 cm³/mol. The summed E-state index contributed by atoms with van der Waals surface area (Å²) in [4.78, 5) is 26.1. The Morgan fingerprint density at radius 2 is 2.04 bits per heavy atom. The van der Waals surface area contributed by atoms with E-state index in [1.54, 1.807) is 22.0 Å². The highest BCUT2D eigenvalue weighted by Crippen LogP contribution is 2.18. The van der Waals surface area contributed by atoms with Crippen LogP contribution in [-0.2, 0) is 20.9 Å². The van der Waals surface area contributed by atoms with Gasteiger partial charge in [-0.05, 0) is 38.3 Å². The van der Waals surface area contributed by atoms with E-state index in [4.69, 9.17) is 4.74 Å². The molecule has 0 bridgehead atoms. The molecule has 8 nitrogen and oxygen atoms in total. The van der Waals surface area contributed by atoms with Crippen LogP contribution in [0.25, 0.3) is 0 Å². The van der Waals surface area contributed by atoms with Crippen LogP contribution in [0.2, 0.25) is 0 Å². The summed E-state index contributed by atoms with van der Waals surface area (Å²) in [6, 6.07) is 0. The summed E-state index contributed by atoms with van der Waals surface area (Å²) >= 11 is 0. The molecule has 0 aliphatic carbocycles. The molecule has 2 fully saturated rings. The second kappa shape index (κ2) is 8.96. The van der Waals surface area contributed by atoms with Crippen molar-refractivity contribution in [1.29, 1.82) is 0 Å². The van der Waals surface area contributed by atoms with E-state index in [9.17, 15) is 9.59 Å². The van der Waals surface area contributed by atoms with Gasteiger partial charge in [0.1, 0.15) is 6.54 Å². The van der Waals surface area contributed by atoms with Crippen molar-refractivity contribution >= 4 is 17.5 Å². The van der Waals surface area contributed by atoms with Gasteiger partial charge in [-0.1, -0.05) is 0 Å². The van der Waals surface area contributed by atoms with Gasteiger partial charge in [0.2, 0.25) is 11.8 Å². The summed E-state index contributed by atoms with van der Waals surface area (Å²) in [7, 11) is 0. The summed E-state index contributed by atoms with van der Waals surface area (Å²) in [6.07, 6.45) is 7.05. The second-order valence-corrected chi connectivity index (χ2v) is 6.70. The lowest BCUT2D eigenvalue weighted by atomic mass is 9.93. The molecular formula is C17H27N5O3. The largest absolute Gasteiger partial charge is 0.378 e. The molecule has 3 heterocycles. The molecule has 2 N–H and O–H groups in total. The number of carbonyl (C=O) groups is 2. The van der Waals surface area contributed by atoms with Gasteiger partial charge in [0, 0.05) is 25.7 Å². The van der Waals surface area contributed by atoms with E-state index in [2.05, 4.69) is 15.7 Å². The molecule has 0 radical (unpaired) electrons. The van der Waals surface area contributed by atoms with E-state index >= 15 is 0 Å². The average molecular weight is 349 g/mol. The van der Waals surface area contributed by atoms with Gasteiger partial charge in [0.05, 0.1) is 25.1 Å². The molecule has 2 aliphatic heterocycles. The highest BCUT2D eigenvalue weighted by Gasteiger charge is 2.18. The van der Waals surface area contributed by atoms with Crippen molar-refractivity contribution in [2.45, 2.75) is 32.2 Å². The van der Waals surface area contributed by atoms with Gasteiger partial charge in [-0.3, -0.25) is 14.3 Å². The fourth-order valence-corrected chi connectivity index (χ4v) is 3.30. The Morgan fingerprint density at radius 3 is 2.80 bits per heavy atom. The quantitative estimate of drug-likeness (QED) is 0.779. The zero-order valence-electron chi connectivity index (χ0n) is 14.6. The van der Waals surface area contributed by atoms with Crippen LogP contribution >= 0.6 is 0 Å². The Balaban J connectivity index is 1.41. The number of carbonyl (C=O) groups excluding carboxylic acids is 2. The van der Waals surface area contributed by atoms with Gasteiger partial charge in [0.25, 0.3) is 0 Å². The Morgan fingerprint density at radius 1 is 1.28 bits per heavy atom. The van der Waals surface area contributed by atoms with Crippen LogP contribution in [0.4, 0.5) is 5.69 Å². The van der Waals surface area contributed by atoms with E-state index in [1.165, 1.54) is 0 Å². The summed E-state index contributed by atoms with van der Waals surface area (Å²) in [5, 5.41) is 10.4. The van der Waals surface area contributed by atoms with Crippen molar-refractivity contribution in [3.63, 3.8) is 0 Å². The van der Waals surface area contributed by atoms with E-state index in [0.717, 1.165) is 32.4 Å². The molecule has 2 aliphatic rings. The molecule has 2 amide bonds. The van der Waals surface area contributed by atoms with Gasteiger partial charge < -0.3 is 20.3 Å². The number of nitrogens with one attached hydrogen (secondary N) is 2. The van der Waals surface area contributed by atoms with E-state index in [1.807, 2.05) is 0 Å². The first kappa shape index (κ1) is 17.9. The molecule has 25 heavy (non-hydrogen) atoms. The molecule has 3 rings (SSSR count). The van der Waals surface area contributed by atoms with Crippen LogP contribution in [0.1, 0.15) is 25.7 Å². The maximum atomic E-state index is 12.2. The van der Waals surface area contributed by atoms with Gasteiger partial charge in [-0.15, -0.1) is 0 Å². The monoisotopic (exact) mass is 349 g/mol. The van der Waals surface area contributed by atoms with Crippen molar-refractivity contribution in [1.82, 2.24) is 20.0 Å². The molecule has 0 unspecified atom stereocenters. The molecule has 8 heteroatoms. The average Bonchev–Trinajstić information content (AvgIpc) is 3.08. The molecule has 1 aromatic heterocycles. The third-order valence-electron chi connectivity index (χ3n) is 4.82. The van der Waals surface area contributed by atoms with Crippen molar-refractivity contribution in [2.75, 3.05) is 44.7 Å². The number of aromatic nitrogens is 2. The maximum Gasteiger partial charge on any atom is 0.244 e. The predicted octanol–water partition coefficient (Wildman–Crippen LogP) is 0.460. The van der Waals surface area contributed by atoms with Crippen LogP contribution in [0.5, 0.6) is 0 Å². The van der Waals surface area contributed by atoms with E-state index in [0.29, 0.717) is 44.3 Å². The second-order valence-electron chi connectivity index (χ2n) is 6.70. The lowest BCUT2D eigenvalue weighted by molar-refractivity contribution is -0.136. The standard InChI is InChI=1S/C17H27N5O3/c23-16(2-1-14-3-5-18-6-4-14)20-15-11-19-22(12-15)13-17(24)21-7-9-25-10-8-21/h11-12,14,18H,1-10,13H2,(H,20,23). The summed E-state index contributed by atoms with van der Waals surface area (Å²) in [6.45, 7) is 4.71. The van der Waals surface area contributed by atoms with Gasteiger partial charge >= 0.3 is 0 Å². The third-order valence-corrected chi connectivity index (χ3v) is 4.82. The zero-order valence-corrected chi connectivity index (χ0v) is 14.6. The number of ether oxygens (including phenoxy) is 1. The topological polar surface area (TPSA) is 88.5 Å². The van der Waals surface area contributed by atoms with Gasteiger partial charge in [0.15, 0.2) is 0 Å². The fraction of sp³-hybridized carbons (Fsp3) is 0.706. The van der Waals surface area contributed by atoms with E-state index in [-0.39, 0.29) is 18.4 Å². The Labute approximate surface area is 147 Å². The molecule has 0 atom stereocenters. The first-order chi connectivity index (χ1) is 12.2. The van der Waals surface area contributed by atoms with Gasteiger partial charge in [-0.2, -0.15) is 5.10 Å². The summed E-state index contributed by atoms with van der Waals surface area (Å²) in [5.74, 6) is 0.675. The number of anilines is 1. The lowest BCUT2D eigenvalue weighted by Crippen LogP contribution is -2.42. The van der Waals surface area contributed by atoms with Crippen molar-refractivity contribution < 1.29 is 14.3 Å². The first-order valence-electron chi connectivity index (χ1n) is 9.09. The molecule has 1 aromatic rings. The Bertz CT molecular complexity index is 577. The Hall–Kier alpha value is -1.93. The zero-order chi connectivity index (χ0) is 17.5. The number of rotatable bonds is 6. The summed E-state index contributed by atoms with van der Waals surface area (Å²) < 4.78 is 6.82. The van der Waals surface area contributed by atoms with Crippen molar-refractivity contribution in [3.05, 3.63) is 12.4 Å². The number of morpholine rings is 1. The van der Waals surface area contributed by atoms with E-state index < -0.39 is 0 Å².